The normalized spacial score (nSPS) is 12.4. The minimum atomic E-state index is -0.663. The summed E-state index contributed by atoms with van der Waals surface area (Å²) in [7, 11) is 0. The highest BCUT2D eigenvalue weighted by Gasteiger charge is 2.20. The van der Waals surface area contributed by atoms with Crippen LogP contribution in [0.3, 0.4) is 0 Å². The van der Waals surface area contributed by atoms with Gasteiger partial charge in [-0.1, -0.05) is 367 Å². The standard InChI is InChI=1S/C69H137NO5/c1-3-5-7-9-11-13-15-17-19-29-33-37-41-45-49-53-57-61-67(72)66(65-71)70-68(73)62-58-54-50-46-42-38-34-31-27-25-23-21-22-24-26-28-32-36-40-44-48-52-56-60-64-75-69(74)63-59-55-51-47-43-39-35-30-20-18-16-14-12-10-8-6-4-2/h66-67,71-72H,3-65H2,1-2H3,(H,70,73). The summed E-state index contributed by atoms with van der Waals surface area (Å²) in [4.78, 5) is 24.6. The van der Waals surface area contributed by atoms with E-state index in [1.807, 2.05) is 0 Å². The minimum Gasteiger partial charge on any atom is -0.466 e. The second kappa shape index (κ2) is 65.4. The fourth-order valence-corrected chi connectivity index (χ4v) is 11.4. The van der Waals surface area contributed by atoms with Crippen LogP contribution < -0.4 is 5.32 Å². The third-order valence-electron chi connectivity index (χ3n) is 16.7. The maximum Gasteiger partial charge on any atom is 0.305 e. The minimum absolute atomic E-state index is 0.0208. The van der Waals surface area contributed by atoms with Gasteiger partial charge in [-0.05, 0) is 25.7 Å². The van der Waals surface area contributed by atoms with Crippen LogP contribution in [0.5, 0.6) is 0 Å². The van der Waals surface area contributed by atoms with Gasteiger partial charge >= 0.3 is 5.97 Å². The number of amides is 1. The van der Waals surface area contributed by atoms with Crippen molar-refractivity contribution in [3.05, 3.63) is 0 Å². The molecular weight excluding hydrogens is 923 g/mol. The summed E-state index contributed by atoms with van der Waals surface area (Å²) in [5.74, 6) is -0.00856. The molecule has 0 spiro atoms. The van der Waals surface area contributed by atoms with Gasteiger partial charge in [0, 0.05) is 12.8 Å². The van der Waals surface area contributed by atoms with Crippen molar-refractivity contribution in [3.63, 3.8) is 0 Å². The van der Waals surface area contributed by atoms with Crippen LogP contribution in [-0.4, -0.2) is 47.4 Å². The smallest absolute Gasteiger partial charge is 0.305 e. The number of hydrogen-bond acceptors (Lipinski definition) is 5. The third-order valence-corrected chi connectivity index (χ3v) is 16.7. The van der Waals surface area contributed by atoms with Crippen molar-refractivity contribution in [2.24, 2.45) is 0 Å². The van der Waals surface area contributed by atoms with E-state index in [0.29, 0.717) is 25.9 Å². The summed E-state index contributed by atoms with van der Waals surface area (Å²) in [5.41, 5.74) is 0. The van der Waals surface area contributed by atoms with Gasteiger partial charge in [0.05, 0.1) is 25.4 Å². The van der Waals surface area contributed by atoms with Crippen LogP contribution in [-0.2, 0) is 14.3 Å². The van der Waals surface area contributed by atoms with Gasteiger partial charge in [-0.3, -0.25) is 9.59 Å². The number of hydrogen-bond donors (Lipinski definition) is 3. The highest BCUT2D eigenvalue weighted by molar-refractivity contribution is 5.76. The Morgan fingerprint density at radius 3 is 0.813 bits per heavy atom. The Morgan fingerprint density at radius 1 is 0.320 bits per heavy atom. The van der Waals surface area contributed by atoms with Crippen molar-refractivity contribution in [1.82, 2.24) is 5.32 Å². The molecule has 0 aliphatic carbocycles. The number of nitrogens with one attached hydrogen (secondary N) is 1. The molecular formula is C69H137NO5. The third kappa shape index (κ3) is 61.9. The molecule has 0 aromatic carbocycles. The Hall–Kier alpha value is -1.14. The summed E-state index contributed by atoms with van der Waals surface area (Å²) in [6.07, 6.45) is 78.6. The number of esters is 1. The zero-order valence-electron chi connectivity index (χ0n) is 51.3. The number of aliphatic hydroxyl groups excluding tert-OH is 2. The lowest BCUT2D eigenvalue weighted by Crippen LogP contribution is -2.45. The zero-order valence-corrected chi connectivity index (χ0v) is 51.3. The number of unbranched alkanes of at least 4 members (excludes halogenated alkanes) is 55. The molecule has 0 heterocycles. The molecule has 0 aromatic heterocycles. The van der Waals surface area contributed by atoms with Gasteiger partial charge in [0.1, 0.15) is 0 Å². The molecule has 6 heteroatoms. The average Bonchev–Trinajstić information content (AvgIpc) is 3.41. The quantitative estimate of drug-likeness (QED) is 0.0417. The zero-order chi connectivity index (χ0) is 54.3. The lowest BCUT2D eigenvalue weighted by atomic mass is 10.0. The van der Waals surface area contributed by atoms with Crippen LogP contribution in [0.15, 0.2) is 0 Å². The van der Waals surface area contributed by atoms with E-state index in [-0.39, 0.29) is 18.5 Å². The Balaban J connectivity index is 3.34. The molecule has 0 fully saturated rings. The highest BCUT2D eigenvalue weighted by Crippen LogP contribution is 2.19. The van der Waals surface area contributed by atoms with E-state index in [1.54, 1.807) is 0 Å². The maximum atomic E-state index is 12.5. The van der Waals surface area contributed by atoms with Gasteiger partial charge in [0.15, 0.2) is 0 Å². The lowest BCUT2D eigenvalue weighted by Gasteiger charge is -2.22. The van der Waals surface area contributed by atoms with Crippen LogP contribution in [0.1, 0.15) is 406 Å². The van der Waals surface area contributed by atoms with Crippen LogP contribution >= 0.6 is 0 Å². The molecule has 448 valence electrons. The van der Waals surface area contributed by atoms with Crippen molar-refractivity contribution < 1.29 is 24.5 Å². The first-order valence-electron chi connectivity index (χ1n) is 34.8. The Kier molecular flexibility index (Phi) is 64.4. The molecule has 0 bridgehead atoms. The molecule has 1 amide bonds. The van der Waals surface area contributed by atoms with Gasteiger partial charge in [-0.2, -0.15) is 0 Å². The number of ether oxygens (including phenoxy) is 1. The molecule has 0 aliphatic heterocycles. The molecule has 0 radical (unpaired) electrons. The fraction of sp³-hybridized carbons (Fsp3) is 0.971. The second-order valence-electron chi connectivity index (χ2n) is 24.2. The van der Waals surface area contributed by atoms with Crippen molar-refractivity contribution >= 4 is 11.9 Å². The largest absolute Gasteiger partial charge is 0.466 e. The molecule has 0 rings (SSSR count). The van der Waals surface area contributed by atoms with Gasteiger partial charge in [-0.15, -0.1) is 0 Å². The summed E-state index contributed by atoms with van der Waals surface area (Å²) < 4.78 is 5.51. The Bertz CT molecular complexity index is 1080. The Morgan fingerprint density at radius 2 is 0.547 bits per heavy atom. The van der Waals surface area contributed by atoms with Crippen LogP contribution in [0.25, 0.3) is 0 Å². The van der Waals surface area contributed by atoms with Crippen LogP contribution in [0, 0.1) is 0 Å². The molecule has 0 aliphatic rings. The summed E-state index contributed by atoms with van der Waals surface area (Å²) >= 11 is 0. The average molecular weight is 1060 g/mol. The van der Waals surface area contributed by atoms with Gasteiger partial charge in [0.2, 0.25) is 5.91 Å². The first kappa shape index (κ1) is 73.9. The highest BCUT2D eigenvalue weighted by atomic mass is 16.5. The van der Waals surface area contributed by atoms with Crippen molar-refractivity contribution in [2.45, 2.75) is 418 Å². The summed E-state index contributed by atoms with van der Waals surface area (Å²) in [6, 6.07) is -0.540. The van der Waals surface area contributed by atoms with E-state index in [4.69, 9.17) is 4.74 Å². The number of aliphatic hydroxyl groups is 2. The molecule has 2 unspecified atom stereocenters. The molecule has 0 saturated carbocycles. The maximum absolute atomic E-state index is 12.5. The van der Waals surface area contributed by atoms with E-state index in [9.17, 15) is 19.8 Å². The van der Waals surface area contributed by atoms with Crippen molar-refractivity contribution in [1.29, 1.82) is 0 Å². The molecule has 3 N–H and O–H groups in total. The SMILES string of the molecule is CCCCCCCCCCCCCCCCCCCC(=O)OCCCCCCCCCCCCCCCCCCCCCCCCCCC(=O)NC(CO)C(O)CCCCCCCCCCCCCCCCCCC. The topological polar surface area (TPSA) is 95.9 Å². The summed E-state index contributed by atoms with van der Waals surface area (Å²) in [5, 5.41) is 23.4. The predicted molar refractivity (Wildman–Crippen MR) is 329 cm³/mol. The number of rotatable bonds is 66. The molecule has 6 nitrogen and oxygen atoms in total. The predicted octanol–water partition coefficient (Wildman–Crippen LogP) is 22.2. The van der Waals surface area contributed by atoms with Crippen molar-refractivity contribution in [3.8, 4) is 0 Å². The number of carbonyl (C=O) groups excluding carboxylic acids is 2. The van der Waals surface area contributed by atoms with Gasteiger partial charge < -0.3 is 20.3 Å². The van der Waals surface area contributed by atoms with E-state index >= 15 is 0 Å². The molecule has 2 atom stereocenters. The van der Waals surface area contributed by atoms with Gasteiger partial charge in [0.25, 0.3) is 0 Å². The molecule has 0 aromatic rings. The van der Waals surface area contributed by atoms with Crippen LogP contribution in [0.4, 0.5) is 0 Å². The number of carbonyl (C=O) groups is 2. The molecule has 75 heavy (non-hydrogen) atoms. The lowest BCUT2D eigenvalue weighted by molar-refractivity contribution is -0.143. The first-order valence-corrected chi connectivity index (χ1v) is 34.8. The monoisotopic (exact) mass is 1060 g/mol. The van der Waals surface area contributed by atoms with Crippen molar-refractivity contribution in [2.75, 3.05) is 13.2 Å². The summed E-state index contributed by atoms with van der Waals surface area (Å²) in [6.45, 7) is 5.00. The van der Waals surface area contributed by atoms with Gasteiger partial charge in [-0.25, -0.2) is 0 Å². The van der Waals surface area contributed by atoms with E-state index in [1.165, 1.54) is 334 Å². The second-order valence-corrected chi connectivity index (χ2v) is 24.2. The first-order chi connectivity index (χ1) is 37.0. The fourth-order valence-electron chi connectivity index (χ4n) is 11.4. The Labute approximate surface area is 470 Å². The van der Waals surface area contributed by atoms with E-state index < -0.39 is 12.1 Å². The molecule has 0 saturated heterocycles. The van der Waals surface area contributed by atoms with E-state index in [0.717, 1.165) is 38.5 Å². The van der Waals surface area contributed by atoms with E-state index in [2.05, 4.69) is 19.2 Å². The van der Waals surface area contributed by atoms with Crippen LogP contribution in [0.2, 0.25) is 0 Å².